The molecule has 0 aliphatic carbocycles. The van der Waals surface area contributed by atoms with Gasteiger partial charge in [-0.25, -0.2) is 9.59 Å². The number of benzene rings is 2. The molecule has 0 bridgehead atoms. The predicted molar refractivity (Wildman–Crippen MR) is 98.2 cm³/mol. The molecule has 1 spiro atoms. The van der Waals surface area contributed by atoms with Crippen LogP contribution in [0.15, 0.2) is 78.9 Å². The van der Waals surface area contributed by atoms with E-state index in [-0.39, 0.29) is 6.42 Å². The molecule has 5 nitrogen and oxygen atoms in total. The van der Waals surface area contributed by atoms with Crippen LogP contribution in [0, 0.1) is 0 Å². The molecule has 136 valence electrons. The van der Waals surface area contributed by atoms with Crippen LogP contribution < -0.4 is 0 Å². The first-order valence-corrected chi connectivity index (χ1v) is 8.72. The van der Waals surface area contributed by atoms with Crippen molar-refractivity contribution < 1.29 is 23.8 Å². The zero-order valence-corrected chi connectivity index (χ0v) is 14.5. The maximum atomic E-state index is 12.3. The van der Waals surface area contributed by atoms with E-state index in [9.17, 15) is 9.59 Å². The minimum Gasteiger partial charge on any atom is -0.456 e. The lowest BCUT2D eigenvalue weighted by molar-refractivity contribution is -0.193. The molecule has 2 heterocycles. The minimum absolute atomic E-state index is 0.250. The standard InChI is InChI=1S/C22H18O5/c23-19(12-11-16-7-3-1-4-8-16)25-18-15-22(14-13-20(24)26-22)27-21(18)17-9-5-2-6-10-17/h1-14,18,21H,15H2/b12-11+/t18-,21+,22-/m0/s1. The van der Waals surface area contributed by atoms with Crippen LogP contribution in [0.3, 0.4) is 0 Å². The molecule has 4 rings (SSSR count). The van der Waals surface area contributed by atoms with Gasteiger partial charge in [0, 0.05) is 12.2 Å². The monoisotopic (exact) mass is 362 g/mol. The number of rotatable bonds is 4. The molecule has 3 atom stereocenters. The highest BCUT2D eigenvalue weighted by molar-refractivity contribution is 5.87. The Balaban J connectivity index is 1.52. The predicted octanol–water partition coefficient (Wildman–Crippen LogP) is 3.58. The summed E-state index contributed by atoms with van der Waals surface area (Å²) in [5, 5.41) is 0. The van der Waals surface area contributed by atoms with Gasteiger partial charge in [0.25, 0.3) is 0 Å². The molecular weight excluding hydrogens is 344 g/mol. The van der Waals surface area contributed by atoms with Gasteiger partial charge in [0.1, 0.15) is 12.2 Å². The fraction of sp³-hybridized carbons (Fsp3) is 0.182. The van der Waals surface area contributed by atoms with Crippen LogP contribution in [0.1, 0.15) is 23.7 Å². The summed E-state index contributed by atoms with van der Waals surface area (Å²) < 4.78 is 17.0. The van der Waals surface area contributed by atoms with Gasteiger partial charge in [-0.15, -0.1) is 0 Å². The molecule has 0 aromatic heterocycles. The van der Waals surface area contributed by atoms with Crippen LogP contribution in [0.2, 0.25) is 0 Å². The smallest absolute Gasteiger partial charge is 0.333 e. The summed E-state index contributed by atoms with van der Waals surface area (Å²) in [6.45, 7) is 0. The molecule has 0 saturated carbocycles. The van der Waals surface area contributed by atoms with Gasteiger partial charge in [0.05, 0.1) is 6.42 Å². The van der Waals surface area contributed by atoms with Crippen molar-refractivity contribution in [1.29, 1.82) is 0 Å². The van der Waals surface area contributed by atoms with E-state index in [1.165, 1.54) is 12.2 Å². The number of carbonyl (C=O) groups excluding carboxylic acids is 2. The van der Waals surface area contributed by atoms with E-state index in [2.05, 4.69) is 0 Å². The lowest BCUT2D eigenvalue weighted by Crippen LogP contribution is -2.27. The molecule has 0 radical (unpaired) electrons. The second kappa shape index (κ2) is 7.21. The quantitative estimate of drug-likeness (QED) is 0.614. The van der Waals surface area contributed by atoms with Crippen molar-refractivity contribution in [3.63, 3.8) is 0 Å². The zero-order valence-electron chi connectivity index (χ0n) is 14.5. The van der Waals surface area contributed by atoms with Gasteiger partial charge >= 0.3 is 11.9 Å². The molecule has 27 heavy (non-hydrogen) atoms. The Bertz CT molecular complexity index is 887. The van der Waals surface area contributed by atoms with Crippen LogP contribution in [0.5, 0.6) is 0 Å². The SMILES string of the molecule is O=C1C=C[C@]2(C[C@H](OC(=O)/C=C/c3ccccc3)[C@@H](c3ccccc3)O2)O1. The van der Waals surface area contributed by atoms with E-state index in [0.29, 0.717) is 0 Å². The van der Waals surface area contributed by atoms with Gasteiger partial charge in [-0.05, 0) is 23.3 Å². The number of hydrogen-bond donors (Lipinski definition) is 0. The summed E-state index contributed by atoms with van der Waals surface area (Å²) in [6.07, 6.45) is 5.16. The normalized spacial score (nSPS) is 26.6. The van der Waals surface area contributed by atoms with Crippen LogP contribution in [-0.4, -0.2) is 23.8 Å². The third kappa shape index (κ3) is 3.83. The number of carbonyl (C=O) groups is 2. The third-order valence-corrected chi connectivity index (χ3v) is 4.50. The highest BCUT2D eigenvalue weighted by Crippen LogP contribution is 2.44. The molecule has 1 fully saturated rings. The third-order valence-electron chi connectivity index (χ3n) is 4.50. The summed E-state index contributed by atoms with van der Waals surface area (Å²) in [4.78, 5) is 23.9. The van der Waals surface area contributed by atoms with Gasteiger partial charge in [0.15, 0.2) is 0 Å². The van der Waals surface area contributed by atoms with Crippen LogP contribution in [0.4, 0.5) is 0 Å². The fourth-order valence-corrected chi connectivity index (χ4v) is 3.28. The Morgan fingerprint density at radius 1 is 1.07 bits per heavy atom. The van der Waals surface area contributed by atoms with Crippen LogP contribution in [-0.2, 0) is 23.8 Å². The Morgan fingerprint density at radius 3 is 2.44 bits per heavy atom. The molecule has 5 heteroatoms. The van der Waals surface area contributed by atoms with E-state index in [4.69, 9.17) is 14.2 Å². The maximum absolute atomic E-state index is 12.3. The van der Waals surface area contributed by atoms with E-state index < -0.39 is 29.9 Å². The molecular formula is C22H18O5. The van der Waals surface area contributed by atoms with E-state index in [1.807, 2.05) is 60.7 Å². The molecule has 2 aromatic rings. The van der Waals surface area contributed by atoms with Gasteiger partial charge < -0.3 is 14.2 Å². The molecule has 0 N–H and O–H groups in total. The van der Waals surface area contributed by atoms with E-state index in [0.717, 1.165) is 11.1 Å². The van der Waals surface area contributed by atoms with Crippen molar-refractivity contribution in [2.75, 3.05) is 0 Å². The highest BCUT2D eigenvalue weighted by Gasteiger charge is 2.52. The summed E-state index contributed by atoms with van der Waals surface area (Å²) >= 11 is 0. The Hall–Kier alpha value is -3.18. The number of ether oxygens (including phenoxy) is 3. The second-order valence-corrected chi connectivity index (χ2v) is 6.44. The number of esters is 2. The number of hydrogen-bond acceptors (Lipinski definition) is 5. The van der Waals surface area contributed by atoms with Crippen LogP contribution in [0.25, 0.3) is 6.08 Å². The van der Waals surface area contributed by atoms with Gasteiger partial charge in [0.2, 0.25) is 5.79 Å². The summed E-state index contributed by atoms with van der Waals surface area (Å²) in [5.41, 5.74) is 1.76. The molecule has 0 amide bonds. The minimum atomic E-state index is -1.17. The lowest BCUT2D eigenvalue weighted by atomic mass is 10.0. The maximum Gasteiger partial charge on any atom is 0.333 e. The first kappa shape index (κ1) is 17.2. The van der Waals surface area contributed by atoms with Gasteiger partial charge in [-0.1, -0.05) is 60.7 Å². The zero-order chi connectivity index (χ0) is 18.7. The summed E-state index contributed by atoms with van der Waals surface area (Å²) in [5.74, 6) is -2.11. The second-order valence-electron chi connectivity index (χ2n) is 6.44. The molecule has 2 aromatic carbocycles. The summed E-state index contributed by atoms with van der Waals surface area (Å²) in [6, 6.07) is 18.9. The highest BCUT2D eigenvalue weighted by atomic mass is 16.7. The van der Waals surface area contributed by atoms with Crippen molar-refractivity contribution in [3.05, 3.63) is 90.0 Å². The van der Waals surface area contributed by atoms with Crippen LogP contribution >= 0.6 is 0 Å². The summed E-state index contributed by atoms with van der Waals surface area (Å²) in [7, 11) is 0. The molecule has 2 aliphatic heterocycles. The topological polar surface area (TPSA) is 61.8 Å². The average Bonchev–Trinajstić information content (AvgIpc) is 3.23. The Morgan fingerprint density at radius 2 is 1.78 bits per heavy atom. The van der Waals surface area contributed by atoms with Gasteiger partial charge in [-0.2, -0.15) is 0 Å². The fourth-order valence-electron chi connectivity index (χ4n) is 3.28. The van der Waals surface area contributed by atoms with Crippen molar-refractivity contribution >= 4 is 18.0 Å². The van der Waals surface area contributed by atoms with E-state index in [1.54, 1.807) is 12.2 Å². The van der Waals surface area contributed by atoms with Crippen molar-refractivity contribution in [3.8, 4) is 0 Å². The first-order chi connectivity index (χ1) is 13.1. The van der Waals surface area contributed by atoms with Crippen molar-refractivity contribution in [2.24, 2.45) is 0 Å². The van der Waals surface area contributed by atoms with Crippen molar-refractivity contribution in [1.82, 2.24) is 0 Å². The lowest BCUT2D eigenvalue weighted by Gasteiger charge is -2.21. The van der Waals surface area contributed by atoms with E-state index >= 15 is 0 Å². The molecule has 0 unspecified atom stereocenters. The first-order valence-electron chi connectivity index (χ1n) is 8.72. The van der Waals surface area contributed by atoms with Crippen molar-refractivity contribution in [2.45, 2.75) is 24.4 Å². The van der Waals surface area contributed by atoms with Gasteiger partial charge in [-0.3, -0.25) is 0 Å². The molecule has 2 aliphatic rings. The largest absolute Gasteiger partial charge is 0.456 e. The average molecular weight is 362 g/mol. The Kier molecular flexibility index (Phi) is 4.60. The Labute approximate surface area is 156 Å². The molecule has 1 saturated heterocycles.